The second-order valence-corrected chi connectivity index (χ2v) is 18.8. The number of hydrogen-bond acceptors (Lipinski definition) is 2. The molecule has 1 unspecified atom stereocenters. The van der Waals surface area contributed by atoms with Crippen LogP contribution in [0.5, 0.6) is 0 Å². The maximum Gasteiger partial charge on any atom is 0.294 e. The Bertz CT molecular complexity index is 2660. The minimum Gasteiger partial charge on any atom is -0.299 e. The van der Waals surface area contributed by atoms with Crippen molar-refractivity contribution < 1.29 is 4.57 Å². The second-order valence-electron chi connectivity index (χ2n) is 17.8. The molecule has 0 fully saturated rings. The lowest BCUT2D eigenvalue weighted by Gasteiger charge is -2.23. The van der Waals surface area contributed by atoms with Crippen LogP contribution in [0.15, 0.2) is 128 Å². The highest BCUT2D eigenvalue weighted by Crippen LogP contribution is 2.45. The molecule has 0 spiro atoms. The van der Waals surface area contributed by atoms with Crippen molar-refractivity contribution in [3.05, 3.63) is 156 Å². The zero-order valence-electron chi connectivity index (χ0n) is 37.3. The minimum absolute atomic E-state index is 0.403. The molecule has 4 nitrogen and oxygen atoms in total. The molecule has 0 saturated heterocycles. The molecule has 59 heavy (non-hydrogen) atoms. The minimum atomic E-state index is 0.403. The predicted molar refractivity (Wildman–Crippen MR) is 254 cm³/mol. The summed E-state index contributed by atoms with van der Waals surface area (Å²) in [6.07, 6.45) is 8.58. The molecule has 8 rings (SSSR count). The molecule has 0 amide bonds. The number of hydrogen-bond donors (Lipinski definition) is 0. The molecule has 3 heterocycles. The smallest absolute Gasteiger partial charge is 0.294 e. The van der Waals surface area contributed by atoms with E-state index in [1.807, 2.05) is 17.5 Å². The van der Waals surface area contributed by atoms with E-state index >= 15 is 0 Å². The topological polar surface area (TPSA) is 26.6 Å². The van der Waals surface area contributed by atoms with Crippen molar-refractivity contribution in [1.29, 1.82) is 0 Å². The molecule has 304 valence electrons. The fraction of sp³-hybridized carbons (Fsp3) is 0.333. The highest BCUT2D eigenvalue weighted by molar-refractivity contribution is 7.26. The van der Waals surface area contributed by atoms with Crippen LogP contribution in [0.2, 0.25) is 0 Å². The summed E-state index contributed by atoms with van der Waals surface area (Å²) < 4.78 is 9.98. The van der Waals surface area contributed by atoms with Gasteiger partial charge in [0.25, 0.3) is 5.82 Å². The first-order valence-corrected chi connectivity index (χ1v) is 22.5. The molecule has 0 radical (unpaired) electrons. The van der Waals surface area contributed by atoms with Crippen LogP contribution in [0.25, 0.3) is 54.3 Å². The highest BCUT2D eigenvalue weighted by Gasteiger charge is 2.31. The Morgan fingerprint density at radius 2 is 1.20 bits per heavy atom. The van der Waals surface area contributed by atoms with Crippen LogP contribution in [0, 0.1) is 12.8 Å². The number of rotatable bonds is 10. The van der Waals surface area contributed by atoms with Crippen LogP contribution in [0.4, 0.5) is 0 Å². The van der Waals surface area contributed by atoms with Gasteiger partial charge < -0.3 is 0 Å². The first-order chi connectivity index (χ1) is 28.3. The third kappa shape index (κ3) is 8.07. The Balaban J connectivity index is 0.000000179. The number of para-hydroxylation sites is 1. The van der Waals surface area contributed by atoms with Gasteiger partial charge in [0.15, 0.2) is 0 Å². The lowest BCUT2D eigenvalue weighted by molar-refractivity contribution is -0.714. The summed E-state index contributed by atoms with van der Waals surface area (Å²) >= 11 is 1.92. The van der Waals surface area contributed by atoms with Crippen molar-refractivity contribution in [3.63, 3.8) is 0 Å². The van der Waals surface area contributed by atoms with Crippen molar-refractivity contribution in [1.82, 2.24) is 14.1 Å². The molecule has 0 saturated carbocycles. The van der Waals surface area contributed by atoms with Crippen molar-refractivity contribution in [2.45, 2.75) is 113 Å². The number of aromatic nitrogens is 4. The molecule has 5 heteroatoms. The zero-order chi connectivity index (χ0) is 42.1. The SMILES string of the molecule is CC(C)c1cc2c(sc3ccccc32)c(C(C)C)c1-n1ccnc1-c1ccccc1.Cc1ccccc1-c1n(-c2c(C(C)C)cccc2C(C)C)cc[n+]1C(C)C(C)C. The lowest BCUT2D eigenvalue weighted by Crippen LogP contribution is -2.41. The van der Waals surface area contributed by atoms with Crippen LogP contribution >= 0.6 is 11.3 Å². The molecule has 8 aromatic rings. The molecule has 3 aromatic heterocycles. The monoisotopic (exact) mass is 799 g/mol. The zero-order valence-corrected chi connectivity index (χ0v) is 38.1. The summed E-state index contributed by atoms with van der Waals surface area (Å²) in [5, 5.41) is 2.75. The van der Waals surface area contributed by atoms with Gasteiger partial charge in [0.2, 0.25) is 0 Å². The van der Waals surface area contributed by atoms with E-state index in [1.165, 1.54) is 70.8 Å². The van der Waals surface area contributed by atoms with Gasteiger partial charge in [-0.2, -0.15) is 4.57 Å². The Morgan fingerprint density at radius 1 is 0.576 bits per heavy atom. The van der Waals surface area contributed by atoms with E-state index in [1.54, 1.807) is 0 Å². The molecular formula is C54H63N4S+. The largest absolute Gasteiger partial charge is 0.299 e. The fourth-order valence-electron chi connectivity index (χ4n) is 8.54. The molecular weight excluding hydrogens is 737 g/mol. The normalized spacial score (nSPS) is 12.4. The van der Waals surface area contributed by atoms with E-state index in [4.69, 9.17) is 4.98 Å². The van der Waals surface area contributed by atoms with Gasteiger partial charge >= 0.3 is 0 Å². The van der Waals surface area contributed by atoms with Gasteiger partial charge in [-0.1, -0.05) is 154 Å². The first kappa shape index (κ1) is 41.9. The van der Waals surface area contributed by atoms with Gasteiger partial charge in [0.05, 0.1) is 11.3 Å². The van der Waals surface area contributed by atoms with E-state index < -0.39 is 0 Å². The Morgan fingerprint density at radius 3 is 1.83 bits per heavy atom. The number of aryl methyl sites for hydroxylation is 1. The van der Waals surface area contributed by atoms with Gasteiger partial charge in [0.1, 0.15) is 29.9 Å². The molecule has 5 aromatic carbocycles. The summed E-state index contributed by atoms with van der Waals surface area (Å²) in [5.41, 5.74) is 12.0. The van der Waals surface area contributed by atoms with E-state index in [2.05, 4.69) is 219 Å². The van der Waals surface area contributed by atoms with E-state index in [-0.39, 0.29) is 0 Å². The second kappa shape index (κ2) is 17.5. The Kier molecular flexibility index (Phi) is 12.4. The van der Waals surface area contributed by atoms with Gasteiger partial charge in [-0.25, -0.2) is 9.55 Å². The van der Waals surface area contributed by atoms with Gasteiger partial charge in [-0.3, -0.25) is 4.57 Å². The number of fused-ring (bicyclic) bond motifs is 3. The standard InChI is InChI=1S/C27H26N2S.C27H37N2/c1-17(2)21-16-22-20-12-8-9-13-23(20)30-26(22)24(18(3)4)25(21)29-15-14-28-27(29)19-10-6-5-7-11-19;1-18(2)22(8)28-16-17-29(27(28)25-13-10-9-12-21(25)7)26-23(19(3)4)14-11-15-24(26)20(5)6/h5-18H,1-4H3;9-20,22H,1-8H3/q;+1. The predicted octanol–water partition coefficient (Wildman–Crippen LogP) is 15.4. The maximum absolute atomic E-state index is 4.75. The number of nitrogens with zero attached hydrogens (tertiary/aromatic N) is 4. The van der Waals surface area contributed by atoms with Gasteiger partial charge in [-0.15, -0.1) is 11.3 Å². The lowest BCUT2D eigenvalue weighted by atomic mass is 9.90. The Hall–Kier alpha value is -5.26. The fourth-order valence-corrected chi connectivity index (χ4v) is 9.92. The van der Waals surface area contributed by atoms with Crippen LogP contribution in [-0.4, -0.2) is 14.1 Å². The average molecular weight is 800 g/mol. The number of benzene rings is 5. The molecule has 0 aliphatic rings. The third-order valence-electron chi connectivity index (χ3n) is 12.0. The molecule has 0 aliphatic carbocycles. The number of imidazole rings is 2. The quantitative estimate of drug-likeness (QED) is 0.127. The average Bonchev–Trinajstić information content (AvgIpc) is 3.97. The Labute approximate surface area is 357 Å². The molecule has 1 atom stereocenters. The summed E-state index contributed by atoms with van der Waals surface area (Å²) in [7, 11) is 0. The summed E-state index contributed by atoms with van der Waals surface area (Å²) in [6, 6.07) is 37.7. The van der Waals surface area contributed by atoms with Crippen molar-refractivity contribution >= 4 is 31.5 Å². The molecule has 0 N–H and O–H groups in total. The summed E-state index contributed by atoms with van der Waals surface area (Å²) in [5.74, 6) is 4.58. The first-order valence-electron chi connectivity index (χ1n) is 21.7. The van der Waals surface area contributed by atoms with E-state index in [9.17, 15) is 0 Å². The van der Waals surface area contributed by atoms with Gasteiger partial charge in [0, 0.05) is 49.3 Å². The molecule has 0 aliphatic heterocycles. The highest BCUT2D eigenvalue weighted by atomic mass is 32.1. The third-order valence-corrected chi connectivity index (χ3v) is 13.3. The van der Waals surface area contributed by atoms with Crippen LogP contribution < -0.4 is 4.57 Å². The van der Waals surface area contributed by atoms with Crippen LogP contribution in [0.1, 0.15) is 134 Å². The van der Waals surface area contributed by atoms with Crippen molar-refractivity contribution in [3.8, 4) is 34.2 Å². The van der Waals surface area contributed by atoms with Crippen LogP contribution in [0.3, 0.4) is 0 Å². The van der Waals surface area contributed by atoms with Gasteiger partial charge in [-0.05, 0) is 78.3 Å². The molecule has 0 bridgehead atoms. The van der Waals surface area contributed by atoms with E-state index in [0.717, 1.165) is 11.4 Å². The summed E-state index contributed by atoms with van der Waals surface area (Å²) in [4.78, 5) is 4.75. The van der Waals surface area contributed by atoms with Crippen molar-refractivity contribution in [2.75, 3.05) is 0 Å². The van der Waals surface area contributed by atoms with E-state index in [0.29, 0.717) is 35.6 Å². The number of thiophene rings is 1. The van der Waals surface area contributed by atoms with Crippen molar-refractivity contribution in [2.24, 2.45) is 5.92 Å². The van der Waals surface area contributed by atoms with Crippen LogP contribution in [-0.2, 0) is 0 Å². The summed E-state index contributed by atoms with van der Waals surface area (Å²) in [6.45, 7) is 27.5. The maximum atomic E-state index is 4.75.